The van der Waals surface area contributed by atoms with E-state index < -0.39 is 0 Å². The Kier molecular flexibility index (Phi) is 3.38. The van der Waals surface area contributed by atoms with Crippen molar-refractivity contribution < 1.29 is 4.74 Å². The number of aryl methyl sites for hydroxylation is 2. The molecule has 1 unspecified atom stereocenters. The van der Waals surface area contributed by atoms with Crippen molar-refractivity contribution in [3.05, 3.63) is 22.8 Å². The molecule has 0 radical (unpaired) electrons. The SMILES string of the molecule is CCOC1N=C(N)c2nc(CC)c(CC)nc21. The molecule has 0 aromatic carbocycles. The molecule has 0 fully saturated rings. The molecule has 2 heterocycles. The van der Waals surface area contributed by atoms with Crippen molar-refractivity contribution in [2.75, 3.05) is 6.61 Å². The number of ether oxygens (including phenoxy) is 1. The zero-order chi connectivity index (χ0) is 12.4. The van der Waals surface area contributed by atoms with Gasteiger partial charge in [0.2, 0.25) is 0 Å². The summed E-state index contributed by atoms with van der Waals surface area (Å²) in [6.07, 6.45) is 1.34. The molecule has 0 saturated heterocycles. The van der Waals surface area contributed by atoms with Gasteiger partial charge in [0.15, 0.2) is 6.23 Å². The molecular weight excluding hydrogens is 216 g/mol. The van der Waals surface area contributed by atoms with E-state index in [1.807, 2.05) is 6.92 Å². The van der Waals surface area contributed by atoms with Crippen molar-refractivity contribution in [1.29, 1.82) is 0 Å². The lowest BCUT2D eigenvalue weighted by Gasteiger charge is -2.11. The van der Waals surface area contributed by atoms with Crippen LogP contribution in [0, 0.1) is 0 Å². The van der Waals surface area contributed by atoms with Crippen LogP contribution in [0.25, 0.3) is 0 Å². The van der Waals surface area contributed by atoms with Gasteiger partial charge in [0, 0.05) is 6.61 Å². The first-order valence-corrected chi connectivity index (χ1v) is 6.06. The van der Waals surface area contributed by atoms with E-state index in [1.165, 1.54) is 0 Å². The van der Waals surface area contributed by atoms with E-state index >= 15 is 0 Å². The standard InChI is InChI=1S/C12H18N4O/c1-4-7-8(5-2)15-10-9(14-7)11(13)16-12(10)17-6-3/h12H,4-6H2,1-3H3,(H2,13,16). The summed E-state index contributed by atoms with van der Waals surface area (Å²) in [5.74, 6) is 0.434. The van der Waals surface area contributed by atoms with Crippen LogP contribution in [0.4, 0.5) is 0 Å². The molecule has 2 rings (SSSR count). The third kappa shape index (κ3) is 2.02. The fourth-order valence-electron chi connectivity index (χ4n) is 1.97. The third-order valence-electron chi connectivity index (χ3n) is 2.81. The maximum Gasteiger partial charge on any atom is 0.195 e. The molecule has 2 N–H and O–H groups in total. The third-order valence-corrected chi connectivity index (χ3v) is 2.81. The maximum absolute atomic E-state index is 5.85. The maximum atomic E-state index is 5.85. The minimum absolute atomic E-state index is 0.376. The zero-order valence-corrected chi connectivity index (χ0v) is 10.5. The van der Waals surface area contributed by atoms with Crippen LogP contribution in [-0.4, -0.2) is 22.4 Å². The first kappa shape index (κ1) is 12.0. The number of nitrogens with two attached hydrogens (primary N) is 1. The highest BCUT2D eigenvalue weighted by atomic mass is 16.5. The molecule has 0 aliphatic carbocycles. The van der Waals surface area contributed by atoms with E-state index in [1.54, 1.807) is 0 Å². The molecule has 0 saturated carbocycles. The van der Waals surface area contributed by atoms with Crippen LogP contribution < -0.4 is 5.73 Å². The number of hydrogen-bond donors (Lipinski definition) is 1. The van der Waals surface area contributed by atoms with E-state index in [0.29, 0.717) is 18.1 Å². The molecular formula is C12H18N4O. The topological polar surface area (TPSA) is 73.4 Å². The summed E-state index contributed by atoms with van der Waals surface area (Å²) in [6.45, 7) is 6.65. The highest BCUT2D eigenvalue weighted by Gasteiger charge is 2.28. The van der Waals surface area contributed by atoms with Crippen LogP contribution >= 0.6 is 0 Å². The summed E-state index contributed by atoms with van der Waals surface area (Å²) >= 11 is 0. The molecule has 5 heteroatoms. The van der Waals surface area contributed by atoms with Crippen LogP contribution in [0.2, 0.25) is 0 Å². The predicted octanol–water partition coefficient (Wildman–Crippen LogP) is 1.36. The molecule has 1 aromatic heterocycles. The highest BCUT2D eigenvalue weighted by Crippen LogP contribution is 2.27. The minimum atomic E-state index is -0.376. The molecule has 0 spiro atoms. The Morgan fingerprint density at radius 2 is 1.76 bits per heavy atom. The first-order valence-electron chi connectivity index (χ1n) is 6.06. The summed E-state index contributed by atoms with van der Waals surface area (Å²) in [5.41, 5.74) is 9.32. The first-order chi connectivity index (χ1) is 8.21. The monoisotopic (exact) mass is 234 g/mol. The summed E-state index contributed by atoms with van der Waals surface area (Å²) in [6, 6.07) is 0. The van der Waals surface area contributed by atoms with Crippen molar-refractivity contribution in [2.45, 2.75) is 39.8 Å². The van der Waals surface area contributed by atoms with Crippen molar-refractivity contribution in [1.82, 2.24) is 9.97 Å². The lowest BCUT2D eigenvalue weighted by Crippen LogP contribution is -2.16. The predicted molar refractivity (Wildman–Crippen MR) is 65.9 cm³/mol. The fourth-order valence-corrected chi connectivity index (χ4v) is 1.97. The summed E-state index contributed by atoms with van der Waals surface area (Å²) in [7, 11) is 0. The van der Waals surface area contributed by atoms with Crippen LogP contribution in [-0.2, 0) is 17.6 Å². The summed E-state index contributed by atoms with van der Waals surface area (Å²) in [5, 5.41) is 0. The fraction of sp³-hybridized carbons (Fsp3) is 0.583. The lowest BCUT2D eigenvalue weighted by molar-refractivity contribution is 0.0685. The molecule has 1 aromatic rings. The molecule has 0 bridgehead atoms. The Bertz CT molecular complexity index is 456. The molecule has 5 nitrogen and oxygen atoms in total. The Morgan fingerprint density at radius 1 is 1.12 bits per heavy atom. The zero-order valence-electron chi connectivity index (χ0n) is 10.5. The van der Waals surface area contributed by atoms with Crippen LogP contribution in [0.3, 0.4) is 0 Å². The second kappa shape index (κ2) is 4.79. The van der Waals surface area contributed by atoms with Gasteiger partial charge in [-0.15, -0.1) is 0 Å². The van der Waals surface area contributed by atoms with Gasteiger partial charge in [-0.25, -0.2) is 15.0 Å². The van der Waals surface area contributed by atoms with Gasteiger partial charge in [0.25, 0.3) is 0 Å². The largest absolute Gasteiger partial charge is 0.382 e. The van der Waals surface area contributed by atoms with Crippen LogP contribution in [0.1, 0.15) is 49.8 Å². The van der Waals surface area contributed by atoms with Gasteiger partial charge in [-0.05, 0) is 19.8 Å². The number of aliphatic imine (C=N–C) groups is 1. The Balaban J connectivity index is 2.47. The minimum Gasteiger partial charge on any atom is -0.382 e. The van der Waals surface area contributed by atoms with Crippen LogP contribution in [0.15, 0.2) is 4.99 Å². The van der Waals surface area contributed by atoms with Gasteiger partial charge >= 0.3 is 0 Å². The van der Waals surface area contributed by atoms with E-state index in [-0.39, 0.29) is 6.23 Å². The molecule has 1 aliphatic rings. The normalized spacial score (nSPS) is 18.1. The Hall–Kier alpha value is -1.49. The average molecular weight is 234 g/mol. The number of fused-ring (bicyclic) bond motifs is 1. The van der Waals surface area contributed by atoms with Gasteiger partial charge in [0.05, 0.1) is 11.4 Å². The van der Waals surface area contributed by atoms with E-state index in [2.05, 4.69) is 28.8 Å². The Labute approximate surface area is 101 Å². The van der Waals surface area contributed by atoms with Gasteiger partial charge in [0.1, 0.15) is 17.2 Å². The molecule has 1 aliphatic heterocycles. The second-order valence-electron chi connectivity index (χ2n) is 3.88. The van der Waals surface area contributed by atoms with E-state index in [0.717, 1.165) is 29.9 Å². The summed E-state index contributed by atoms with van der Waals surface area (Å²) < 4.78 is 5.50. The van der Waals surface area contributed by atoms with Gasteiger partial charge in [-0.3, -0.25) is 0 Å². The average Bonchev–Trinajstić information content (AvgIpc) is 2.65. The van der Waals surface area contributed by atoms with E-state index in [9.17, 15) is 0 Å². The quantitative estimate of drug-likeness (QED) is 0.853. The van der Waals surface area contributed by atoms with Crippen molar-refractivity contribution >= 4 is 5.84 Å². The number of amidine groups is 1. The van der Waals surface area contributed by atoms with Gasteiger partial charge in [-0.2, -0.15) is 0 Å². The molecule has 1 atom stereocenters. The summed E-state index contributed by atoms with van der Waals surface area (Å²) in [4.78, 5) is 13.4. The van der Waals surface area contributed by atoms with Crippen molar-refractivity contribution in [3.8, 4) is 0 Å². The van der Waals surface area contributed by atoms with E-state index in [4.69, 9.17) is 10.5 Å². The molecule has 17 heavy (non-hydrogen) atoms. The second-order valence-corrected chi connectivity index (χ2v) is 3.88. The number of rotatable bonds is 4. The van der Waals surface area contributed by atoms with Crippen LogP contribution in [0.5, 0.6) is 0 Å². The number of aromatic nitrogens is 2. The van der Waals surface area contributed by atoms with Gasteiger partial charge < -0.3 is 10.5 Å². The lowest BCUT2D eigenvalue weighted by atomic mass is 10.2. The van der Waals surface area contributed by atoms with Crippen molar-refractivity contribution in [2.24, 2.45) is 10.7 Å². The van der Waals surface area contributed by atoms with Crippen molar-refractivity contribution in [3.63, 3.8) is 0 Å². The number of nitrogens with zero attached hydrogens (tertiary/aromatic N) is 3. The van der Waals surface area contributed by atoms with Gasteiger partial charge in [-0.1, -0.05) is 13.8 Å². The Morgan fingerprint density at radius 3 is 2.35 bits per heavy atom. The molecule has 0 amide bonds. The smallest absolute Gasteiger partial charge is 0.195 e. The molecule has 92 valence electrons. The number of hydrogen-bond acceptors (Lipinski definition) is 5. The highest BCUT2D eigenvalue weighted by molar-refractivity contribution is 5.99.